The highest BCUT2D eigenvalue weighted by molar-refractivity contribution is 5.31. The Morgan fingerprint density at radius 2 is 1.89 bits per heavy atom. The molecule has 2 aromatic rings. The minimum absolute atomic E-state index is 0.489. The molecule has 0 fully saturated rings. The number of ether oxygens (including phenoxy) is 2. The van der Waals surface area contributed by atoms with Crippen molar-refractivity contribution >= 4 is 0 Å². The summed E-state index contributed by atoms with van der Waals surface area (Å²) < 4.78 is 12.6. The van der Waals surface area contributed by atoms with E-state index in [0.29, 0.717) is 19.7 Å². The summed E-state index contributed by atoms with van der Waals surface area (Å²) in [6, 6.07) is 9.41. The van der Waals surface area contributed by atoms with E-state index >= 15 is 0 Å². The minimum Gasteiger partial charge on any atom is -0.497 e. The van der Waals surface area contributed by atoms with Crippen molar-refractivity contribution in [1.82, 2.24) is 9.78 Å². The van der Waals surface area contributed by atoms with Crippen LogP contribution in [-0.4, -0.2) is 23.5 Å². The third-order valence-electron chi connectivity index (χ3n) is 2.64. The molecule has 0 unspecified atom stereocenters. The number of hydrogen-bond acceptors (Lipinski definition) is 4. The van der Waals surface area contributed by atoms with Crippen LogP contribution in [0, 0.1) is 0 Å². The molecular formula is C13H17N3O2. The fourth-order valence-corrected chi connectivity index (χ4v) is 1.66. The molecule has 0 radical (unpaired) electrons. The molecule has 1 aromatic carbocycles. The van der Waals surface area contributed by atoms with Gasteiger partial charge >= 0.3 is 0 Å². The van der Waals surface area contributed by atoms with Crippen LogP contribution >= 0.6 is 0 Å². The molecule has 96 valence electrons. The zero-order valence-electron chi connectivity index (χ0n) is 10.4. The van der Waals surface area contributed by atoms with E-state index in [0.717, 1.165) is 17.2 Å². The zero-order chi connectivity index (χ0) is 12.8. The van der Waals surface area contributed by atoms with Gasteiger partial charge in [0.1, 0.15) is 18.1 Å². The standard InChI is InChI=1S/C13H17N3O2/c1-17-12-2-4-13(5-3-12)18-9-8-16-11(10-14)6-7-15-16/h2-7H,8-10,14H2,1H3. The van der Waals surface area contributed by atoms with E-state index in [2.05, 4.69) is 5.10 Å². The highest BCUT2D eigenvalue weighted by Crippen LogP contribution is 2.16. The monoisotopic (exact) mass is 247 g/mol. The van der Waals surface area contributed by atoms with Gasteiger partial charge in [-0.15, -0.1) is 0 Å². The van der Waals surface area contributed by atoms with Crippen LogP contribution in [0.2, 0.25) is 0 Å². The van der Waals surface area contributed by atoms with Crippen LogP contribution in [0.3, 0.4) is 0 Å². The third kappa shape index (κ3) is 3.01. The van der Waals surface area contributed by atoms with Crippen molar-refractivity contribution in [2.45, 2.75) is 13.1 Å². The molecule has 0 amide bonds. The number of rotatable bonds is 6. The van der Waals surface area contributed by atoms with Crippen LogP contribution < -0.4 is 15.2 Å². The van der Waals surface area contributed by atoms with Gasteiger partial charge < -0.3 is 15.2 Å². The summed E-state index contributed by atoms with van der Waals surface area (Å²) in [5.74, 6) is 1.64. The maximum absolute atomic E-state index is 5.62. The van der Waals surface area contributed by atoms with Crippen molar-refractivity contribution in [3.63, 3.8) is 0 Å². The number of aromatic nitrogens is 2. The number of benzene rings is 1. The lowest BCUT2D eigenvalue weighted by molar-refractivity contribution is 0.288. The summed E-state index contributed by atoms with van der Waals surface area (Å²) >= 11 is 0. The van der Waals surface area contributed by atoms with Gasteiger partial charge in [-0.05, 0) is 30.3 Å². The van der Waals surface area contributed by atoms with Crippen LogP contribution in [0.25, 0.3) is 0 Å². The summed E-state index contributed by atoms with van der Waals surface area (Å²) in [7, 11) is 1.64. The van der Waals surface area contributed by atoms with E-state index in [4.69, 9.17) is 15.2 Å². The Kier molecular flexibility index (Phi) is 4.20. The smallest absolute Gasteiger partial charge is 0.119 e. The summed E-state index contributed by atoms with van der Waals surface area (Å²) in [4.78, 5) is 0. The van der Waals surface area contributed by atoms with Gasteiger partial charge in [-0.2, -0.15) is 5.10 Å². The molecular weight excluding hydrogens is 230 g/mol. The summed E-state index contributed by atoms with van der Waals surface area (Å²) in [6.07, 6.45) is 1.75. The van der Waals surface area contributed by atoms with Gasteiger partial charge in [0.25, 0.3) is 0 Å². The van der Waals surface area contributed by atoms with Gasteiger partial charge in [-0.3, -0.25) is 4.68 Å². The van der Waals surface area contributed by atoms with Crippen LogP contribution in [0.1, 0.15) is 5.69 Å². The number of nitrogens with zero attached hydrogens (tertiary/aromatic N) is 2. The molecule has 2 N–H and O–H groups in total. The molecule has 0 saturated heterocycles. The molecule has 0 aliphatic heterocycles. The predicted octanol–water partition coefficient (Wildman–Crippen LogP) is 1.43. The van der Waals surface area contributed by atoms with Gasteiger partial charge in [0.2, 0.25) is 0 Å². The summed E-state index contributed by atoms with van der Waals surface area (Å²) in [5, 5.41) is 4.18. The second-order valence-corrected chi connectivity index (χ2v) is 3.77. The molecule has 0 atom stereocenters. The molecule has 0 aliphatic rings. The first-order valence-electron chi connectivity index (χ1n) is 5.81. The molecule has 2 rings (SSSR count). The average Bonchev–Trinajstić information content (AvgIpc) is 2.87. The van der Waals surface area contributed by atoms with Crippen molar-refractivity contribution in [3.05, 3.63) is 42.2 Å². The highest BCUT2D eigenvalue weighted by atomic mass is 16.5. The summed E-state index contributed by atoms with van der Waals surface area (Å²) in [6.45, 7) is 1.73. The molecule has 0 saturated carbocycles. The SMILES string of the molecule is COc1ccc(OCCn2nccc2CN)cc1. The Labute approximate surface area is 106 Å². The Morgan fingerprint density at radius 3 is 2.56 bits per heavy atom. The normalized spacial score (nSPS) is 10.3. The molecule has 0 bridgehead atoms. The van der Waals surface area contributed by atoms with E-state index in [-0.39, 0.29) is 0 Å². The maximum Gasteiger partial charge on any atom is 0.119 e. The number of nitrogens with two attached hydrogens (primary N) is 1. The zero-order valence-corrected chi connectivity index (χ0v) is 10.4. The fourth-order valence-electron chi connectivity index (χ4n) is 1.66. The lowest BCUT2D eigenvalue weighted by Crippen LogP contribution is -2.14. The van der Waals surface area contributed by atoms with E-state index in [1.807, 2.05) is 35.0 Å². The topological polar surface area (TPSA) is 62.3 Å². The molecule has 18 heavy (non-hydrogen) atoms. The summed E-state index contributed by atoms with van der Waals surface area (Å²) in [5.41, 5.74) is 6.60. The second kappa shape index (κ2) is 6.07. The fraction of sp³-hybridized carbons (Fsp3) is 0.308. The van der Waals surface area contributed by atoms with Crippen molar-refractivity contribution in [2.75, 3.05) is 13.7 Å². The average molecular weight is 247 g/mol. The van der Waals surface area contributed by atoms with E-state index < -0.39 is 0 Å². The highest BCUT2D eigenvalue weighted by Gasteiger charge is 2.00. The Hall–Kier alpha value is -2.01. The first kappa shape index (κ1) is 12.4. The Balaban J connectivity index is 1.84. The van der Waals surface area contributed by atoms with Crippen LogP contribution in [0.5, 0.6) is 11.5 Å². The lowest BCUT2D eigenvalue weighted by atomic mass is 10.3. The van der Waals surface area contributed by atoms with Crippen molar-refractivity contribution in [2.24, 2.45) is 5.73 Å². The largest absolute Gasteiger partial charge is 0.497 e. The van der Waals surface area contributed by atoms with E-state index in [1.54, 1.807) is 13.3 Å². The van der Waals surface area contributed by atoms with Gasteiger partial charge in [-0.1, -0.05) is 0 Å². The molecule has 5 heteroatoms. The first-order valence-corrected chi connectivity index (χ1v) is 5.81. The quantitative estimate of drug-likeness (QED) is 0.838. The first-order chi connectivity index (χ1) is 8.83. The maximum atomic E-state index is 5.62. The Morgan fingerprint density at radius 1 is 1.17 bits per heavy atom. The van der Waals surface area contributed by atoms with Gasteiger partial charge in [0, 0.05) is 12.7 Å². The van der Waals surface area contributed by atoms with E-state index in [1.165, 1.54) is 0 Å². The van der Waals surface area contributed by atoms with Crippen LogP contribution in [0.4, 0.5) is 0 Å². The number of hydrogen-bond donors (Lipinski definition) is 1. The molecule has 0 aliphatic carbocycles. The number of methoxy groups -OCH3 is 1. The molecule has 1 aromatic heterocycles. The minimum atomic E-state index is 0.489. The van der Waals surface area contributed by atoms with Gasteiger partial charge in [-0.25, -0.2) is 0 Å². The van der Waals surface area contributed by atoms with Gasteiger partial charge in [0.05, 0.1) is 19.3 Å². The van der Waals surface area contributed by atoms with Gasteiger partial charge in [0.15, 0.2) is 0 Å². The lowest BCUT2D eigenvalue weighted by Gasteiger charge is -2.08. The van der Waals surface area contributed by atoms with Crippen LogP contribution in [0.15, 0.2) is 36.5 Å². The molecule has 1 heterocycles. The van der Waals surface area contributed by atoms with Crippen molar-refractivity contribution < 1.29 is 9.47 Å². The van der Waals surface area contributed by atoms with Crippen LogP contribution in [-0.2, 0) is 13.1 Å². The third-order valence-corrected chi connectivity index (χ3v) is 2.64. The van der Waals surface area contributed by atoms with Crippen molar-refractivity contribution in [1.29, 1.82) is 0 Å². The van der Waals surface area contributed by atoms with E-state index in [9.17, 15) is 0 Å². The predicted molar refractivity (Wildman–Crippen MR) is 68.6 cm³/mol. The molecule has 0 spiro atoms. The Bertz CT molecular complexity index is 479. The van der Waals surface area contributed by atoms with Crippen molar-refractivity contribution in [3.8, 4) is 11.5 Å². The second-order valence-electron chi connectivity index (χ2n) is 3.77. The molecule has 5 nitrogen and oxygen atoms in total.